The zero-order valence-electron chi connectivity index (χ0n) is 15.6. The van der Waals surface area contributed by atoms with Gasteiger partial charge in [0.1, 0.15) is 11.9 Å². The first-order valence-electron chi connectivity index (χ1n) is 9.70. The Hall–Kier alpha value is -1.64. The van der Waals surface area contributed by atoms with E-state index in [2.05, 4.69) is 30.1 Å². The minimum Gasteiger partial charge on any atom is -0.379 e. The van der Waals surface area contributed by atoms with E-state index in [1.807, 2.05) is 0 Å². The third kappa shape index (κ3) is 4.31. The van der Waals surface area contributed by atoms with Crippen LogP contribution in [-0.4, -0.2) is 49.3 Å². The van der Waals surface area contributed by atoms with Crippen molar-refractivity contribution in [2.75, 3.05) is 44.7 Å². The highest BCUT2D eigenvalue weighted by Crippen LogP contribution is 2.33. The van der Waals surface area contributed by atoms with E-state index < -0.39 is 0 Å². The van der Waals surface area contributed by atoms with E-state index in [4.69, 9.17) is 9.72 Å². The van der Waals surface area contributed by atoms with Gasteiger partial charge in [0.25, 0.3) is 0 Å². The third-order valence-electron chi connectivity index (χ3n) is 5.25. The number of ether oxygens (including phenoxy) is 1. The van der Waals surface area contributed by atoms with Crippen LogP contribution in [0.2, 0.25) is 0 Å². The fraction of sp³-hybridized carbons (Fsp3) is 0.700. The van der Waals surface area contributed by atoms with Crippen molar-refractivity contribution in [3.05, 3.63) is 22.4 Å². The van der Waals surface area contributed by atoms with Gasteiger partial charge in [-0.1, -0.05) is 13.8 Å². The molecule has 1 aliphatic heterocycles. The number of pyridine rings is 1. The van der Waals surface area contributed by atoms with Crippen LogP contribution in [0.5, 0.6) is 0 Å². The van der Waals surface area contributed by atoms with Gasteiger partial charge in [-0.15, -0.1) is 0 Å². The van der Waals surface area contributed by atoms with Crippen molar-refractivity contribution in [3.63, 3.8) is 0 Å². The highest BCUT2D eigenvalue weighted by molar-refractivity contribution is 5.60. The Labute approximate surface area is 151 Å². The summed E-state index contributed by atoms with van der Waals surface area (Å²) in [4.78, 5) is 7.31. The van der Waals surface area contributed by atoms with Gasteiger partial charge < -0.3 is 10.1 Å². The summed E-state index contributed by atoms with van der Waals surface area (Å²) in [6, 6.07) is 2.43. The van der Waals surface area contributed by atoms with Crippen LogP contribution in [0.3, 0.4) is 0 Å². The first-order valence-corrected chi connectivity index (χ1v) is 9.70. The van der Waals surface area contributed by atoms with E-state index in [0.717, 1.165) is 70.0 Å². The van der Waals surface area contributed by atoms with Crippen molar-refractivity contribution in [2.24, 2.45) is 0 Å². The highest BCUT2D eigenvalue weighted by Gasteiger charge is 2.23. The topological polar surface area (TPSA) is 61.2 Å². The minimum atomic E-state index is 0.397. The number of nitrogens with one attached hydrogen (secondary N) is 1. The van der Waals surface area contributed by atoms with Crippen molar-refractivity contribution in [3.8, 4) is 6.07 Å². The Bertz CT molecular complexity index is 630. The molecule has 0 atom stereocenters. The Kier molecular flexibility index (Phi) is 6.28. The number of hydrogen-bond acceptors (Lipinski definition) is 5. The standard InChI is InChI=1S/C20H30N4O/c1-15(2)19-17-7-4-3-6-16(17)18(14-21)20(23-19)22-8-5-9-24-10-12-25-13-11-24/h15H,3-13H2,1-2H3,(H,22,23). The molecule has 0 aromatic carbocycles. The van der Waals surface area contributed by atoms with Crippen LogP contribution in [0.1, 0.15) is 61.4 Å². The zero-order chi connectivity index (χ0) is 17.6. The molecule has 1 N–H and O–H groups in total. The van der Waals surface area contributed by atoms with Gasteiger partial charge in [-0.2, -0.15) is 5.26 Å². The third-order valence-corrected chi connectivity index (χ3v) is 5.25. The van der Waals surface area contributed by atoms with Gasteiger partial charge in [0, 0.05) is 25.3 Å². The van der Waals surface area contributed by atoms with Gasteiger partial charge in [0.15, 0.2) is 0 Å². The number of morpholine rings is 1. The Morgan fingerprint density at radius 3 is 2.60 bits per heavy atom. The number of aromatic nitrogens is 1. The molecule has 1 aliphatic carbocycles. The Morgan fingerprint density at radius 2 is 1.92 bits per heavy atom. The predicted octanol–water partition coefficient (Wildman–Crippen LogP) is 3.09. The second-order valence-electron chi connectivity index (χ2n) is 7.39. The van der Waals surface area contributed by atoms with Crippen molar-refractivity contribution < 1.29 is 4.74 Å². The van der Waals surface area contributed by atoms with Crippen molar-refractivity contribution in [2.45, 2.75) is 51.9 Å². The first kappa shape index (κ1) is 18.2. The fourth-order valence-electron chi connectivity index (χ4n) is 3.91. The van der Waals surface area contributed by atoms with Gasteiger partial charge in [-0.3, -0.25) is 4.90 Å². The molecule has 2 aliphatic rings. The highest BCUT2D eigenvalue weighted by atomic mass is 16.5. The summed E-state index contributed by atoms with van der Waals surface area (Å²) in [5.74, 6) is 1.20. The fourth-order valence-corrected chi connectivity index (χ4v) is 3.91. The summed E-state index contributed by atoms with van der Waals surface area (Å²) >= 11 is 0. The molecule has 3 rings (SSSR count). The van der Waals surface area contributed by atoms with Crippen LogP contribution < -0.4 is 5.32 Å². The SMILES string of the molecule is CC(C)c1nc(NCCCN2CCOCC2)c(C#N)c2c1CCCC2. The summed E-state index contributed by atoms with van der Waals surface area (Å²) in [6.45, 7) is 10.1. The van der Waals surface area contributed by atoms with E-state index in [0.29, 0.717) is 5.92 Å². The van der Waals surface area contributed by atoms with Gasteiger partial charge in [0.2, 0.25) is 0 Å². The molecule has 25 heavy (non-hydrogen) atoms. The molecule has 0 amide bonds. The number of rotatable bonds is 6. The summed E-state index contributed by atoms with van der Waals surface area (Å²) < 4.78 is 5.39. The van der Waals surface area contributed by atoms with E-state index in [9.17, 15) is 5.26 Å². The normalized spacial score (nSPS) is 18.0. The van der Waals surface area contributed by atoms with Gasteiger partial charge in [-0.25, -0.2) is 4.98 Å². The lowest BCUT2D eigenvalue weighted by atomic mass is 9.85. The quantitative estimate of drug-likeness (QED) is 0.805. The second kappa shape index (κ2) is 8.64. The van der Waals surface area contributed by atoms with E-state index in [-0.39, 0.29) is 0 Å². The number of nitriles is 1. The molecule has 1 aromatic heterocycles. The van der Waals surface area contributed by atoms with Crippen molar-refractivity contribution in [1.82, 2.24) is 9.88 Å². The average Bonchev–Trinajstić information content (AvgIpc) is 2.65. The molecule has 5 heteroatoms. The maximum atomic E-state index is 9.71. The monoisotopic (exact) mass is 342 g/mol. The van der Waals surface area contributed by atoms with Gasteiger partial charge >= 0.3 is 0 Å². The van der Waals surface area contributed by atoms with Gasteiger partial charge in [0.05, 0.1) is 18.8 Å². The van der Waals surface area contributed by atoms with E-state index in [1.165, 1.54) is 29.7 Å². The van der Waals surface area contributed by atoms with Crippen LogP contribution in [0.4, 0.5) is 5.82 Å². The molecule has 1 aromatic rings. The second-order valence-corrected chi connectivity index (χ2v) is 7.39. The lowest BCUT2D eigenvalue weighted by molar-refractivity contribution is 0.0378. The van der Waals surface area contributed by atoms with E-state index >= 15 is 0 Å². The zero-order valence-corrected chi connectivity index (χ0v) is 15.6. The van der Waals surface area contributed by atoms with Crippen molar-refractivity contribution in [1.29, 1.82) is 5.26 Å². The Balaban J connectivity index is 1.69. The largest absolute Gasteiger partial charge is 0.379 e. The predicted molar refractivity (Wildman–Crippen MR) is 100 cm³/mol. The maximum Gasteiger partial charge on any atom is 0.144 e. The number of nitrogens with zero attached hydrogens (tertiary/aromatic N) is 3. The average molecular weight is 342 g/mol. The van der Waals surface area contributed by atoms with E-state index in [1.54, 1.807) is 0 Å². The molecule has 2 heterocycles. The molecule has 0 bridgehead atoms. The molecule has 0 saturated carbocycles. The molecular weight excluding hydrogens is 312 g/mol. The van der Waals surface area contributed by atoms with Crippen LogP contribution in [-0.2, 0) is 17.6 Å². The lowest BCUT2D eigenvalue weighted by Crippen LogP contribution is -2.37. The number of hydrogen-bond donors (Lipinski definition) is 1. The summed E-state index contributed by atoms with van der Waals surface area (Å²) in [5.41, 5.74) is 4.56. The minimum absolute atomic E-state index is 0.397. The first-order chi connectivity index (χ1) is 12.2. The summed E-state index contributed by atoms with van der Waals surface area (Å²) in [6.07, 6.45) is 5.54. The Morgan fingerprint density at radius 1 is 1.20 bits per heavy atom. The van der Waals surface area contributed by atoms with Gasteiger partial charge in [-0.05, 0) is 55.7 Å². The molecule has 0 radical (unpaired) electrons. The molecule has 1 fully saturated rings. The lowest BCUT2D eigenvalue weighted by Gasteiger charge is -2.27. The molecule has 0 spiro atoms. The van der Waals surface area contributed by atoms with Crippen LogP contribution in [0.25, 0.3) is 0 Å². The molecular formula is C20H30N4O. The van der Waals surface area contributed by atoms with Crippen LogP contribution in [0.15, 0.2) is 0 Å². The van der Waals surface area contributed by atoms with Crippen LogP contribution in [0, 0.1) is 11.3 Å². The summed E-state index contributed by atoms with van der Waals surface area (Å²) in [5, 5.41) is 13.2. The van der Waals surface area contributed by atoms with Crippen molar-refractivity contribution >= 4 is 5.82 Å². The van der Waals surface area contributed by atoms with Crippen LogP contribution >= 0.6 is 0 Å². The number of anilines is 1. The number of fused-ring (bicyclic) bond motifs is 1. The maximum absolute atomic E-state index is 9.71. The molecule has 136 valence electrons. The summed E-state index contributed by atoms with van der Waals surface area (Å²) in [7, 11) is 0. The molecule has 1 saturated heterocycles. The molecule has 0 unspecified atom stereocenters. The molecule has 5 nitrogen and oxygen atoms in total. The smallest absolute Gasteiger partial charge is 0.144 e.